The average Bonchev–Trinajstić information content (AvgIpc) is 2.32. The Hall–Kier alpha value is -0.560. The van der Waals surface area contributed by atoms with Gasteiger partial charge in [0.05, 0.1) is 10.4 Å². The lowest BCUT2D eigenvalue weighted by molar-refractivity contribution is -0.138. The minimum absolute atomic E-state index is 0.0244. The summed E-state index contributed by atoms with van der Waals surface area (Å²) in [6.07, 6.45) is -2.97. The first-order valence-electron chi connectivity index (χ1n) is 5.63. The van der Waals surface area contributed by atoms with Crippen molar-refractivity contribution in [3.63, 3.8) is 0 Å². The van der Waals surface area contributed by atoms with Crippen LogP contribution >= 0.6 is 31.9 Å². The summed E-state index contributed by atoms with van der Waals surface area (Å²) in [5.41, 5.74) is -0.487. The van der Waals surface area contributed by atoms with E-state index in [-0.39, 0.29) is 20.9 Å². The number of halogens is 5. The number of rotatable bonds is 1. The molecule has 104 valence electrons. The Bertz CT molecular complexity index is 504. The van der Waals surface area contributed by atoms with Crippen molar-refractivity contribution in [2.24, 2.45) is 0 Å². The van der Waals surface area contributed by atoms with E-state index in [1.54, 1.807) is 0 Å². The van der Waals surface area contributed by atoms with Gasteiger partial charge in [0.2, 0.25) is 5.91 Å². The fourth-order valence-electron chi connectivity index (χ4n) is 1.99. The third-order valence-electron chi connectivity index (χ3n) is 2.94. The minimum Gasteiger partial charge on any atom is -0.311 e. The third-order valence-corrected chi connectivity index (χ3v) is 4.48. The molecule has 1 aromatic carbocycles. The summed E-state index contributed by atoms with van der Waals surface area (Å²) in [6.45, 7) is 0.444. The van der Waals surface area contributed by atoms with Crippen LogP contribution in [0.4, 0.5) is 18.9 Å². The number of hydrogen-bond acceptors (Lipinski definition) is 1. The zero-order chi connectivity index (χ0) is 14.2. The van der Waals surface area contributed by atoms with E-state index in [2.05, 4.69) is 31.9 Å². The monoisotopic (exact) mass is 399 g/mol. The molecule has 1 aliphatic rings. The highest BCUT2D eigenvalue weighted by molar-refractivity contribution is 9.10. The molecule has 1 unspecified atom stereocenters. The lowest BCUT2D eigenvalue weighted by Gasteiger charge is -2.30. The predicted octanol–water partition coefficient (Wildman–Crippen LogP) is 4.36. The number of hydrogen-bond donors (Lipinski definition) is 0. The smallest absolute Gasteiger partial charge is 0.311 e. The lowest BCUT2D eigenvalue weighted by Crippen LogP contribution is -2.41. The summed E-state index contributed by atoms with van der Waals surface area (Å²) in [4.78, 5) is 13.0. The maximum atomic E-state index is 12.8. The standard InChI is InChI=1S/C12H10Br2F3NO/c13-9-4-3-7(6-8(9)12(15,16)17)18-5-1-2-10(14)11(18)19/h3-4,6,10H,1-2,5H2. The molecule has 19 heavy (non-hydrogen) atoms. The highest BCUT2D eigenvalue weighted by Gasteiger charge is 2.35. The van der Waals surface area contributed by atoms with Crippen molar-refractivity contribution < 1.29 is 18.0 Å². The van der Waals surface area contributed by atoms with Gasteiger partial charge in [0.15, 0.2) is 0 Å². The third kappa shape index (κ3) is 3.13. The SMILES string of the molecule is O=C1C(Br)CCCN1c1ccc(Br)c(C(F)(F)F)c1. The van der Waals surface area contributed by atoms with Crippen molar-refractivity contribution in [1.29, 1.82) is 0 Å². The van der Waals surface area contributed by atoms with Gasteiger partial charge in [-0.15, -0.1) is 0 Å². The van der Waals surface area contributed by atoms with Crippen molar-refractivity contribution in [3.05, 3.63) is 28.2 Å². The van der Waals surface area contributed by atoms with Gasteiger partial charge in [-0.1, -0.05) is 31.9 Å². The van der Waals surface area contributed by atoms with Crippen LogP contribution in [0, 0.1) is 0 Å². The van der Waals surface area contributed by atoms with E-state index in [4.69, 9.17) is 0 Å². The van der Waals surface area contributed by atoms with E-state index in [1.807, 2.05) is 0 Å². The van der Waals surface area contributed by atoms with Crippen molar-refractivity contribution in [2.75, 3.05) is 11.4 Å². The number of anilines is 1. The van der Waals surface area contributed by atoms with Crippen LogP contribution in [-0.4, -0.2) is 17.3 Å². The van der Waals surface area contributed by atoms with Crippen LogP contribution in [0.25, 0.3) is 0 Å². The van der Waals surface area contributed by atoms with Crippen molar-refractivity contribution in [3.8, 4) is 0 Å². The van der Waals surface area contributed by atoms with Crippen LogP contribution < -0.4 is 4.90 Å². The Kier molecular flexibility index (Phi) is 4.25. The molecule has 2 rings (SSSR count). The molecule has 1 heterocycles. The second-order valence-corrected chi connectivity index (χ2v) is 6.22. The van der Waals surface area contributed by atoms with E-state index < -0.39 is 11.7 Å². The average molecular weight is 401 g/mol. The topological polar surface area (TPSA) is 20.3 Å². The Morgan fingerprint density at radius 3 is 2.63 bits per heavy atom. The van der Waals surface area contributed by atoms with Gasteiger partial charge < -0.3 is 4.90 Å². The Labute approximate surface area is 125 Å². The maximum absolute atomic E-state index is 12.8. The van der Waals surface area contributed by atoms with Gasteiger partial charge in [0, 0.05) is 16.7 Å². The second kappa shape index (κ2) is 5.44. The summed E-state index contributed by atoms with van der Waals surface area (Å²) < 4.78 is 38.5. The summed E-state index contributed by atoms with van der Waals surface area (Å²) in [5.74, 6) is -0.193. The molecular formula is C12H10Br2F3NO. The maximum Gasteiger partial charge on any atom is 0.417 e. The molecule has 1 saturated heterocycles. The summed E-state index contributed by atoms with van der Waals surface area (Å²) in [6, 6.07) is 3.85. The molecule has 1 atom stereocenters. The van der Waals surface area contributed by atoms with E-state index in [0.29, 0.717) is 13.0 Å². The van der Waals surface area contributed by atoms with Gasteiger partial charge in [-0.3, -0.25) is 4.79 Å². The molecular weight excluding hydrogens is 391 g/mol. The molecule has 1 amide bonds. The van der Waals surface area contributed by atoms with E-state index in [1.165, 1.54) is 17.0 Å². The first kappa shape index (κ1) is 14.8. The molecule has 0 aromatic heterocycles. The molecule has 0 aliphatic carbocycles. The van der Waals surface area contributed by atoms with Gasteiger partial charge in [-0.25, -0.2) is 0 Å². The molecule has 7 heteroatoms. The first-order chi connectivity index (χ1) is 8.80. The Balaban J connectivity index is 2.38. The van der Waals surface area contributed by atoms with E-state index in [9.17, 15) is 18.0 Å². The zero-order valence-corrected chi connectivity index (χ0v) is 12.8. The zero-order valence-electron chi connectivity index (χ0n) is 9.68. The van der Waals surface area contributed by atoms with Crippen LogP contribution in [0.2, 0.25) is 0 Å². The number of piperidine rings is 1. The largest absolute Gasteiger partial charge is 0.417 e. The van der Waals surface area contributed by atoms with Gasteiger partial charge in [-0.05, 0) is 31.0 Å². The van der Waals surface area contributed by atoms with Crippen molar-refractivity contribution >= 4 is 43.5 Å². The number of benzene rings is 1. The summed E-state index contributed by atoms with van der Waals surface area (Å²) in [7, 11) is 0. The quantitative estimate of drug-likeness (QED) is 0.641. The van der Waals surface area contributed by atoms with Crippen molar-refractivity contribution in [2.45, 2.75) is 23.8 Å². The highest BCUT2D eigenvalue weighted by atomic mass is 79.9. The molecule has 0 saturated carbocycles. The summed E-state index contributed by atoms with van der Waals surface area (Å²) in [5, 5.41) is 0. The van der Waals surface area contributed by atoms with Gasteiger partial charge in [0.1, 0.15) is 0 Å². The van der Waals surface area contributed by atoms with Crippen LogP contribution in [0.3, 0.4) is 0 Å². The molecule has 0 N–H and O–H groups in total. The van der Waals surface area contributed by atoms with Crippen LogP contribution in [-0.2, 0) is 11.0 Å². The molecule has 0 spiro atoms. The van der Waals surface area contributed by atoms with E-state index >= 15 is 0 Å². The fourth-order valence-corrected chi connectivity index (χ4v) is 3.03. The van der Waals surface area contributed by atoms with Crippen LogP contribution in [0.1, 0.15) is 18.4 Å². The summed E-state index contributed by atoms with van der Waals surface area (Å²) >= 11 is 6.13. The first-order valence-corrected chi connectivity index (χ1v) is 7.34. The van der Waals surface area contributed by atoms with Crippen LogP contribution in [0.5, 0.6) is 0 Å². The number of alkyl halides is 4. The van der Waals surface area contributed by atoms with E-state index in [0.717, 1.165) is 12.5 Å². The second-order valence-electron chi connectivity index (χ2n) is 4.26. The van der Waals surface area contributed by atoms with Crippen molar-refractivity contribution in [1.82, 2.24) is 0 Å². The normalized spacial score (nSPS) is 20.8. The molecule has 1 fully saturated rings. The number of amides is 1. The van der Waals surface area contributed by atoms with Gasteiger partial charge >= 0.3 is 6.18 Å². The Morgan fingerprint density at radius 2 is 2.00 bits per heavy atom. The molecule has 1 aliphatic heterocycles. The van der Waals surface area contributed by atoms with Gasteiger partial charge in [-0.2, -0.15) is 13.2 Å². The number of carbonyl (C=O) groups excluding carboxylic acids is 1. The van der Waals surface area contributed by atoms with Gasteiger partial charge in [0.25, 0.3) is 0 Å². The number of nitrogens with zero attached hydrogens (tertiary/aromatic N) is 1. The molecule has 0 bridgehead atoms. The molecule has 2 nitrogen and oxygen atoms in total. The molecule has 1 aromatic rings. The predicted molar refractivity (Wildman–Crippen MR) is 73.4 cm³/mol. The lowest BCUT2D eigenvalue weighted by atomic mass is 10.1. The fraction of sp³-hybridized carbons (Fsp3) is 0.417. The highest BCUT2D eigenvalue weighted by Crippen LogP contribution is 2.37. The number of carbonyl (C=O) groups is 1. The molecule has 0 radical (unpaired) electrons. The van der Waals surface area contributed by atoms with Crippen LogP contribution in [0.15, 0.2) is 22.7 Å². The Morgan fingerprint density at radius 1 is 1.32 bits per heavy atom. The minimum atomic E-state index is -4.44.